The van der Waals surface area contributed by atoms with E-state index in [2.05, 4.69) is 15.6 Å². The Morgan fingerprint density at radius 3 is 2.73 bits per heavy atom. The molecule has 7 heteroatoms. The molecule has 112 valence electrons. The number of anilines is 1. The number of thiazole rings is 1. The number of benzene rings is 1. The second-order valence-corrected chi connectivity index (χ2v) is 5.58. The molecule has 3 rings (SSSR count). The molecule has 6 nitrogen and oxygen atoms in total. The molecule has 0 spiro atoms. The highest BCUT2D eigenvalue weighted by molar-refractivity contribution is 7.15. The molecule has 2 aromatic heterocycles. The van der Waals surface area contributed by atoms with Gasteiger partial charge in [-0.25, -0.2) is 4.98 Å². The van der Waals surface area contributed by atoms with Gasteiger partial charge < -0.3 is 10.6 Å². The molecule has 22 heavy (non-hydrogen) atoms. The van der Waals surface area contributed by atoms with E-state index in [0.717, 1.165) is 10.7 Å². The molecule has 0 saturated carbocycles. The third kappa shape index (κ3) is 2.99. The predicted octanol–water partition coefficient (Wildman–Crippen LogP) is 1.94. The highest BCUT2D eigenvalue weighted by Gasteiger charge is 2.09. The zero-order valence-corrected chi connectivity index (χ0v) is 12.7. The molecule has 2 N–H and O–H groups in total. The standard InChI is InChI=1S/C15H14N4O2S/c1-16-14(21)10-2-4-11(5-3-10)17-13(20)8-12-9-19-6-7-22-15(19)18-12/h2-7,9H,8H2,1H3,(H,16,21)(H,17,20). The lowest BCUT2D eigenvalue weighted by atomic mass is 10.2. The summed E-state index contributed by atoms with van der Waals surface area (Å²) in [5, 5.41) is 7.29. The van der Waals surface area contributed by atoms with Gasteiger partial charge in [0, 0.05) is 36.1 Å². The number of rotatable bonds is 4. The van der Waals surface area contributed by atoms with Gasteiger partial charge in [-0.15, -0.1) is 11.3 Å². The van der Waals surface area contributed by atoms with Crippen LogP contribution in [-0.2, 0) is 11.2 Å². The fourth-order valence-electron chi connectivity index (χ4n) is 2.08. The van der Waals surface area contributed by atoms with Crippen molar-refractivity contribution in [3.8, 4) is 0 Å². The van der Waals surface area contributed by atoms with E-state index in [0.29, 0.717) is 11.3 Å². The number of carbonyl (C=O) groups excluding carboxylic acids is 2. The first-order chi connectivity index (χ1) is 10.7. The van der Waals surface area contributed by atoms with E-state index in [1.807, 2.05) is 22.2 Å². The van der Waals surface area contributed by atoms with Crippen LogP contribution in [0.1, 0.15) is 16.1 Å². The molecular weight excluding hydrogens is 300 g/mol. The predicted molar refractivity (Wildman–Crippen MR) is 85.2 cm³/mol. The van der Waals surface area contributed by atoms with E-state index in [-0.39, 0.29) is 18.2 Å². The molecule has 2 heterocycles. The summed E-state index contributed by atoms with van der Waals surface area (Å²) in [5.41, 5.74) is 1.93. The Morgan fingerprint density at radius 1 is 1.27 bits per heavy atom. The monoisotopic (exact) mass is 314 g/mol. The minimum Gasteiger partial charge on any atom is -0.355 e. The number of carbonyl (C=O) groups is 2. The van der Waals surface area contributed by atoms with Gasteiger partial charge in [-0.3, -0.25) is 14.0 Å². The fraction of sp³-hybridized carbons (Fsp3) is 0.133. The van der Waals surface area contributed by atoms with Gasteiger partial charge in [-0.2, -0.15) is 0 Å². The summed E-state index contributed by atoms with van der Waals surface area (Å²) in [6, 6.07) is 6.74. The lowest BCUT2D eigenvalue weighted by Gasteiger charge is -2.05. The van der Waals surface area contributed by atoms with Crippen LogP contribution in [0.15, 0.2) is 42.0 Å². The van der Waals surface area contributed by atoms with Crippen molar-refractivity contribution in [2.75, 3.05) is 12.4 Å². The molecule has 0 aliphatic rings. The van der Waals surface area contributed by atoms with Crippen LogP contribution in [0.3, 0.4) is 0 Å². The second kappa shape index (κ2) is 5.98. The van der Waals surface area contributed by atoms with E-state index in [4.69, 9.17) is 0 Å². The average Bonchev–Trinajstić information content (AvgIpc) is 3.08. The number of amides is 2. The van der Waals surface area contributed by atoms with Crippen molar-refractivity contribution in [3.63, 3.8) is 0 Å². The topological polar surface area (TPSA) is 75.5 Å². The number of hydrogen-bond donors (Lipinski definition) is 2. The molecule has 0 unspecified atom stereocenters. The minimum absolute atomic E-state index is 0.140. The van der Waals surface area contributed by atoms with Gasteiger partial charge in [0.1, 0.15) is 0 Å². The Bertz CT molecular complexity index is 791. The van der Waals surface area contributed by atoms with Gasteiger partial charge in [0.05, 0.1) is 12.1 Å². The lowest BCUT2D eigenvalue weighted by Crippen LogP contribution is -2.18. The van der Waals surface area contributed by atoms with Gasteiger partial charge in [-0.05, 0) is 24.3 Å². The van der Waals surface area contributed by atoms with E-state index in [1.54, 1.807) is 31.3 Å². The van der Waals surface area contributed by atoms with Crippen LogP contribution in [-0.4, -0.2) is 28.2 Å². The number of hydrogen-bond acceptors (Lipinski definition) is 4. The molecule has 0 bridgehead atoms. The van der Waals surface area contributed by atoms with Crippen LogP contribution in [0.5, 0.6) is 0 Å². The van der Waals surface area contributed by atoms with Crippen molar-refractivity contribution < 1.29 is 9.59 Å². The average molecular weight is 314 g/mol. The Hall–Kier alpha value is -2.67. The van der Waals surface area contributed by atoms with Gasteiger partial charge in [0.2, 0.25) is 5.91 Å². The van der Waals surface area contributed by atoms with Crippen molar-refractivity contribution in [2.45, 2.75) is 6.42 Å². The maximum atomic E-state index is 12.0. The first kappa shape index (κ1) is 14.3. The fourth-order valence-corrected chi connectivity index (χ4v) is 2.80. The van der Waals surface area contributed by atoms with Gasteiger partial charge >= 0.3 is 0 Å². The van der Waals surface area contributed by atoms with Crippen LogP contribution in [0.25, 0.3) is 4.96 Å². The van der Waals surface area contributed by atoms with E-state index >= 15 is 0 Å². The molecular formula is C15H14N4O2S. The van der Waals surface area contributed by atoms with Crippen molar-refractivity contribution in [3.05, 3.63) is 53.3 Å². The van der Waals surface area contributed by atoms with Crippen LogP contribution >= 0.6 is 11.3 Å². The zero-order valence-electron chi connectivity index (χ0n) is 11.9. The van der Waals surface area contributed by atoms with Gasteiger partial charge in [0.15, 0.2) is 4.96 Å². The Balaban J connectivity index is 1.63. The molecule has 0 fully saturated rings. The highest BCUT2D eigenvalue weighted by atomic mass is 32.1. The number of nitrogens with one attached hydrogen (secondary N) is 2. The first-order valence-corrected chi connectivity index (χ1v) is 7.57. The maximum absolute atomic E-state index is 12.0. The van der Waals surface area contributed by atoms with Crippen molar-refractivity contribution in [2.24, 2.45) is 0 Å². The summed E-state index contributed by atoms with van der Waals surface area (Å²) >= 11 is 1.53. The number of imidazole rings is 1. The molecule has 0 saturated heterocycles. The second-order valence-electron chi connectivity index (χ2n) is 4.71. The smallest absolute Gasteiger partial charge is 0.251 e. The molecule has 3 aromatic rings. The Morgan fingerprint density at radius 2 is 2.05 bits per heavy atom. The SMILES string of the molecule is CNC(=O)c1ccc(NC(=O)Cc2cn3ccsc3n2)cc1. The number of nitrogens with zero attached hydrogens (tertiary/aromatic N) is 2. The lowest BCUT2D eigenvalue weighted by molar-refractivity contribution is -0.115. The Labute approximate surface area is 130 Å². The van der Waals surface area contributed by atoms with Gasteiger partial charge in [0.25, 0.3) is 5.91 Å². The van der Waals surface area contributed by atoms with Crippen molar-refractivity contribution >= 4 is 33.8 Å². The van der Waals surface area contributed by atoms with E-state index in [1.165, 1.54) is 11.3 Å². The quantitative estimate of drug-likeness (QED) is 0.773. The number of aromatic nitrogens is 2. The number of fused-ring (bicyclic) bond motifs is 1. The highest BCUT2D eigenvalue weighted by Crippen LogP contribution is 2.13. The van der Waals surface area contributed by atoms with Gasteiger partial charge in [-0.1, -0.05) is 0 Å². The molecule has 0 aliphatic heterocycles. The molecule has 0 radical (unpaired) electrons. The largest absolute Gasteiger partial charge is 0.355 e. The molecule has 2 amide bonds. The molecule has 0 atom stereocenters. The normalized spacial score (nSPS) is 10.6. The minimum atomic E-state index is -0.157. The summed E-state index contributed by atoms with van der Waals surface area (Å²) in [6.45, 7) is 0. The van der Waals surface area contributed by atoms with Crippen LogP contribution in [0.2, 0.25) is 0 Å². The third-order valence-corrected chi connectivity index (χ3v) is 3.91. The Kier molecular flexibility index (Phi) is 3.88. The third-order valence-electron chi connectivity index (χ3n) is 3.14. The van der Waals surface area contributed by atoms with E-state index < -0.39 is 0 Å². The summed E-state index contributed by atoms with van der Waals surface area (Å²) in [6.07, 6.45) is 3.97. The van der Waals surface area contributed by atoms with Crippen molar-refractivity contribution in [1.29, 1.82) is 0 Å². The van der Waals surface area contributed by atoms with Crippen LogP contribution in [0.4, 0.5) is 5.69 Å². The molecule has 0 aliphatic carbocycles. The van der Waals surface area contributed by atoms with Crippen molar-refractivity contribution in [1.82, 2.24) is 14.7 Å². The van der Waals surface area contributed by atoms with Crippen LogP contribution in [0, 0.1) is 0 Å². The van der Waals surface area contributed by atoms with Crippen LogP contribution < -0.4 is 10.6 Å². The summed E-state index contributed by atoms with van der Waals surface area (Å²) < 4.78 is 1.89. The maximum Gasteiger partial charge on any atom is 0.251 e. The summed E-state index contributed by atoms with van der Waals surface area (Å²) in [4.78, 5) is 28.7. The zero-order chi connectivity index (χ0) is 15.5. The van der Waals surface area contributed by atoms with E-state index in [9.17, 15) is 9.59 Å². The molecule has 1 aromatic carbocycles. The summed E-state index contributed by atoms with van der Waals surface area (Å²) in [7, 11) is 1.58. The summed E-state index contributed by atoms with van der Waals surface area (Å²) in [5.74, 6) is -0.297. The first-order valence-electron chi connectivity index (χ1n) is 6.69.